The van der Waals surface area contributed by atoms with Crippen LogP contribution in [0.25, 0.3) is 0 Å². The SMILES string of the molecule is C[N+](C)(C)Cc1ccc[cH-]1.[Fe+2].[I-].[I-].[NH4+].c1cc[cH-]c1. The van der Waals surface area contributed by atoms with Gasteiger partial charge in [-0.25, -0.2) is 24.3 Å². The van der Waals surface area contributed by atoms with E-state index in [0.29, 0.717) is 0 Å². The Hall–Kier alpha value is 0.599. The summed E-state index contributed by atoms with van der Waals surface area (Å²) in [4.78, 5) is 0. The molecule has 2 nitrogen and oxygen atoms in total. The summed E-state index contributed by atoms with van der Waals surface area (Å²) in [5, 5.41) is 0. The van der Waals surface area contributed by atoms with Crippen molar-refractivity contribution < 1.29 is 69.5 Å². The predicted molar refractivity (Wildman–Crippen MR) is 71.8 cm³/mol. The number of hydrogen-bond acceptors (Lipinski definition) is 0. The van der Waals surface area contributed by atoms with E-state index in [-0.39, 0.29) is 71.2 Å². The number of hydrogen-bond donors (Lipinski definition) is 1. The van der Waals surface area contributed by atoms with Gasteiger partial charge in [0.2, 0.25) is 0 Å². The Balaban J connectivity index is -0.000000110. The van der Waals surface area contributed by atoms with Crippen molar-refractivity contribution in [2.45, 2.75) is 6.54 Å². The van der Waals surface area contributed by atoms with Crippen LogP contribution in [0.5, 0.6) is 0 Å². The Labute approximate surface area is 162 Å². The van der Waals surface area contributed by atoms with Gasteiger partial charge in [-0.3, -0.25) is 0 Å². The molecule has 0 bridgehead atoms. The molecule has 0 heterocycles. The summed E-state index contributed by atoms with van der Waals surface area (Å²) in [6, 6.07) is 18.5. The van der Waals surface area contributed by atoms with Crippen molar-refractivity contribution in [2.24, 2.45) is 0 Å². The average Bonchev–Trinajstić information content (AvgIpc) is 2.71. The summed E-state index contributed by atoms with van der Waals surface area (Å²) < 4.78 is 1.00. The van der Waals surface area contributed by atoms with Gasteiger partial charge in [0, 0.05) is 0 Å². The molecule has 2 aromatic rings. The van der Waals surface area contributed by atoms with Crippen molar-refractivity contribution in [1.29, 1.82) is 0 Å². The van der Waals surface area contributed by atoms with Crippen LogP contribution < -0.4 is 54.1 Å². The van der Waals surface area contributed by atoms with Gasteiger partial charge in [0.05, 0.1) is 27.7 Å². The largest absolute Gasteiger partial charge is 2.00 e. The van der Waals surface area contributed by atoms with Gasteiger partial charge in [0.1, 0.15) is 0 Å². The van der Waals surface area contributed by atoms with E-state index in [2.05, 4.69) is 45.4 Å². The molecule has 2 aromatic carbocycles. The summed E-state index contributed by atoms with van der Waals surface area (Å²) in [6.07, 6.45) is 0. The monoisotopic (exact) mass is 530 g/mol. The third kappa shape index (κ3) is 16.5. The Bertz CT molecular complexity index is 323. The van der Waals surface area contributed by atoms with E-state index in [1.807, 2.05) is 30.3 Å². The van der Waals surface area contributed by atoms with E-state index >= 15 is 0 Å². The molecule has 112 valence electrons. The fourth-order valence-corrected chi connectivity index (χ4v) is 1.39. The second-order valence-electron chi connectivity index (χ2n) is 4.70. The van der Waals surface area contributed by atoms with Crippen LogP contribution in [0.2, 0.25) is 0 Å². The topological polar surface area (TPSA) is 36.5 Å². The van der Waals surface area contributed by atoms with E-state index in [9.17, 15) is 0 Å². The van der Waals surface area contributed by atoms with Crippen LogP contribution in [0.15, 0.2) is 54.6 Å². The Morgan fingerprint density at radius 3 is 1.74 bits per heavy atom. The molecule has 0 fully saturated rings. The molecule has 19 heavy (non-hydrogen) atoms. The average molecular weight is 530 g/mol. The Kier molecular flexibility index (Phi) is 22.0. The minimum atomic E-state index is 0. The Morgan fingerprint density at radius 2 is 1.47 bits per heavy atom. The molecule has 0 atom stereocenters. The van der Waals surface area contributed by atoms with E-state index in [1.54, 1.807) is 0 Å². The molecule has 0 amide bonds. The first kappa shape index (κ1) is 27.9. The first-order chi connectivity index (χ1) is 7.08. The third-order valence-electron chi connectivity index (χ3n) is 1.94. The second-order valence-corrected chi connectivity index (χ2v) is 4.70. The van der Waals surface area contributed by atoms with Crippen LogP contribution in [0, 0.1) is 0 Å². The first-order valence-electron chi connectivity index (χ1n) is 5.26. The van der Waals surface area contributed by atoms with E-state index < -0.39 is 0 Å². The van der Waals surface area contributed by atoms with Gasteiger partial charge in [0.25, 0.3) is 0 Å². The second kappa shape index (κ2) is 15.0. The molecule has 4 N–H and O–H groups in total. The van der Waals surface area contributed by atoms with E-state index in [1.165, 1.54) is 5.56 Å². The molecule has 0 aliphatic carbocycles. The van der Waals surface area contributed by atoms with Gasteiger partial charge in [-0.2, -0.15) is 30.3 Å². The van der Waals surface area contributed by atoms with E-state index in [0.717, 1.165) is 11.0 Å². The maximum absolute atomic E-state index is 2.20. The molecular weight excluding hydrogens is 506 g/mol. The molecule has 0 spiro atoms. The van der Waals surface area contributed by atoms with Crippen LogP contribution in [-0.2, 0) is 23.6 Å². The molecule has 0 radical (unpaired) electrons. The van der Waals surface area contributed by atoms with Crippen molar-refractivity contribution in [3.63, 3.8) is 0 Å². The molecule has 0 saturated heterocycles. The summed E-state index contributed by atoms with van der Waals surface area (Å²) in [7, 11) is 6.60. The molecule has 0 aromatic heterocycles. The standard InChI is InChI=1S/C9H15N.C5H5.Fe.2HI.H3N/c1-10(2,3)8-9-6-4-5-7-9;1-2-4-5-3-1;;;;/h4-7H,8H2,1-3H3;1-5H;;2*1H;1H3/q;-1;+2;;;/p-1. The summed E-state index contributed by atoms with van der Waals surface area (Å²) in [5.41, 5.74) is 1.42. The zero-order valence-corrected chi connectivity index (χ0v) is 17.4. The third-order valence-corrected chi connectivity index (χ3v) is 1.94. The van der Waals surface area contributed by atoms with Gasteiger partial charge < -0.3 is 58.6 Å². The number of quaternary nitrogens is 2. The van der Waals surface area contributed by atoms with Gasteiger partial charge in [0.15, 0.2) is 0 Å². The smallest absolute Gasteiger partial charge is 1.00 e. The predicted octanol–water partition coefficient (Wildman–Crippen LogP) is -2.60. The van der Waals surface area contributed by atoms with Gasteiger partial charge in [-0.05, 0) is 0 Å². The summed E-state index contributed by atoms with van der Waals surface area (Å²) in [5.74, 6) is 0. The van der Waals surface area contributed by atoms with Gasteiger partial charge in [-0.1, -0.05) is 0 Å². The van der Waals surface area contributed by atoms with Crippen molar-refractivity contribution in [3.8, 4) is 0 Å². The molecule has 0 aliphatic rings. The number of nitrogens with zero attached hydrogens (tertiary/aromatic N) is 1. The molecule has 5 heteroatoms. The maximum atomic E-state index is 2.20. The van der Waals surface area contributed by atoms with Gasteiger partial charge in [-0.15, -0.1) is 5.56 Å². The van der Waals surface area contributed by atoms with Crippen LogP contribution in [-0.4, -0.2) is 25.6 Å². The molecule has 0 unspecified atom stereocenters. The van der Waals surface area contributed by atoms with Crippen molar-refractivity contribution in [2.75, 3.05) is 21.1 Å². The zero-order chi connectivity index (χ0) is 11.1. The fourth-order valence-electron chi connectivity index (χ4n) is 1.39. The normalized spacial score (nSPS) is 8.37. The number of halogens is 2. The summed E-state index contributed by atoms with van der Waals surface area (Å²) >= 11 is 0. The van der Waals surface area contributed by atoms with Crippen LogP contribution in [0.3, 0.4) is 0 Å². The fraction of sp³-hybridized carbons (Fsp3) is 0.286. The van der Waals surface area contributed by atoms with Gasteiger partial charge >= 0.3 is 17.1 Å². The molecular formula is C14H24FeI2N2. The van der Waals surface area contributed by atoms with Crippen LogP contribution >= 0.6 is 0 Å². The minimum absolute atomic E-state index is 0. The number of rotatable bonds is 2. The zero-order valence-electron chi connectivity index (χ0n) is 12.0. The van der Waals surface area contributed by atoms with Crippen LogP contribution in [0.4, 0.5) is 0 Å². The maximum Gasteiger partial charge on any atom is 2.00 e. The Morgan fingerprint density at radius 1 is 0.947 bits per heavy atom. The molecule has 0 aliphatic heterocycles. The van der Waals surface area contributed by atoms with Crippen molar-refractivity contribution in [1.82, 2.24) is 6.15 Å². The van der Waals surface area contributed by atoms with Crippen LogP contribution in [0.1, 0.15) is 5.56 Å². The minimum Gasteiger partial charge on any atom is -1.00 e. The quantitative estimate of drug-likeness (QED) is 0.192. The first-order valence-corrected chi connectivity index (χ1v) is 5.26. The van der Waals surface area contributed by atoms with E-state index in [4.69, 9.17) is 0 Å². The molecule has 2 rings (SSSR count). The van der Waals surface area contributed by atoms with Crippen molar-refractivity contribution in [3.05, 3.63) is 60.2 Å². The molecule has 0 saturated carbocycles. The summed E-state index contributed by atoms with van der Waals surface area (Å²) in [6.45, 7) is 1.12. The van der Waals surface area contributed by atoms with Crippen molar-refractivity contribution >= 4 is 0 Å².